The average Bonchev–Trinajstić information content (AvgIpc) is 3.00. The highest BCUT2D eigenvalue weighted by Gasteiger charge is 2.44. The number of carbonyl (C=O) groups is 2. The number of amides is 2. The molecule has 114 valence electrons. The number of β-amino-alcohol motifs (C(OH)–C–C–N with tert-alkyl or cyclic N) is 1. The van der Waals surface area contributed by atoms with Gasteiger partial charge >= 0.3 is 12.0 Å². The Morgan fingerprint density at radius 1 is 1.10 bits per heavy atom. The Kier molecular flexibility index (Phi) is 4.46. The number of rotatable bonds is 3. The zero-order valence-corrected chi connectivity index (χ0v) is 11.6. The summed E-state index contributed by atoms with van der Waals surface area (Å²) in [6.07, 6.45) is -1.17. The van der Waals surface area contributed by atoms with E-state index < -0.39 is 24.1 Å². The number of methoxy groups -OCH3 is 2. The van der Waals surface area contributed by atoms with Crippen molar-refractivity contribution in [2.45, 2.75) is 30.8 Å². The maximum absolute atomic E-state index is 12.4. The van der Waals surface area contributed by atoms with Crippen LogP contribution in [-0.4, -0.2) is 90.2 Å². The topological polar surface area (TPSA) is 99.5 Å². The summed E-state index contributed by atoms with van der Waals surface area (Å²) >= 11 is 0. The predicted molar refractivity (Wildman–Crippen MR) is 67.3 cm³/mol. The summed E-state index contributed by atoms with van der Waals surface area (Å²) in [5.41, 5.74) is 0. The lowest BCUT2D eigenvalue weighted by molar-refractivity contribution is -0.141. The van der Waals surface area contributed by atoms with Gasteiger partial charge in [0.25, 0.3) is 0 Å². The monoisotopic (exact) mass is 288 g/mol. The molecule has 0 aromatic rings. The Hall–Kier alpha value is -1.38. The van der Waals surface area contributed by atoms with Crippen LogP contribution in [0.3, 0.4) is 0 Å². The number of ether oxygens (including phenoxy) is 2. The Morgan fingerprint density at radius 2 is 1.65 bits per heavy atom. The van der Waals surface area contributed by atoms with Crippen molar-refractivity contribution in [2.75, 3.05) is 33.9 Å². The largest absolute Gasteiger partial charge is 0.480 e. The third kappa shape index (κ3) is 2.72. The van der Waals surface area contributed by atoms with E-state index in [2.05, 4.69) is 0 Å². The average molecular weight is 288 g/mol. The second kappa shape index (κ2) is 5.94. The maximum atomic E-state index is 12.4. The van der Waals surface area contributed by atoms with E-state index in [0.717, 1.165) is 0 Å². The van der Waals surface area contributed by atoms with Gasteiger partial charge in [-0.3, -0.25) is 0 Å². The zero-order valence-electron chi connectivity index (χ0n) is 11.6. The highest BCUT2D eigenvalue weighted by Crippen LogP contribution is 2.23. The van der Waals surface area contributed by atoms with Gasteiger partial charge in [-0.25, -0.2) is 9.59 Å². The van der Waals surface area contributed by atoms with Gasteiger partial charge in [-0.15, -0.1) is 0 Å². The lowest BCUT2D eigenvalue weighted by atomic mass is 10.2. The summed E-state index contributed by atoms with van der Waals surface area (Å²) in [7, 11) is 3.09. The minimum Gasteiger partial charge on any atom is -0.480 e. The van der Waals surface area contributed by atoms with Gasteiger partial charge in [0, 0.05) is 27.2 Å². The van der Waals surface area contributed by atoms with Crippen LogP contribution in [-0.2, 0) is 14.3 Å². The fourth-order valence-corrected chi connectivity index (χ4v) is 2.79. The number of carboxylic acid groups (broad SMARTS) is 1. The van der Waals surface area contributed by atoms with E-state index in [4.69, 9.17) is 14.6 Å². The van der Waals surface area contributed by atoms with Gasteiger partial charge < -0.3 is 29.5 Å². The molecule has 0 bridgehead atoms. The highest BCUT2D eigenvalue weighted by molar-refractivity contribution is 5.83. The number of aliphatic hydroxyl groups excluding tert-OH is 1. The number of likely N-dealkylation sites (tertiary alicyclic amines) is 2. The van der Waals surface area contributed by atoms with Gasteiger partial charge in [0.05, 0.1) is 19.2 Å². The molecule has 2 amide bonds. The summed E-state index contributed by atoms with van der Waals surface area (Å²) in [5, 5.41) is 18.7. The first-order chi connectivity index (χ1) is 9.47. The molecule has 2 aliphatic rings. The number of aliphatic hydroxyl groups is 1. The van der Waals surface area contributed by atoms with E-state index in [1.165, 1.54) is 9.80 Å². The lowest BCUT2D eigenvalue weighted by Crippen LogP contribution is -2.47. The molecule has 0 aromatic carbocycles. The summed E-state index contributed by atoms with van der Waals surface area (Å²) < 4.78 is 10.5. The molecule has 0 spiro atoms. The van der Waals surface area contributed by atoms with E-state index in [1.54, 1.807) is 14.2 Å². The first kappa shape index (κ1) is 15.0. The second-order valence-corrected chi connectivity index (χ2v) is 5.13. The molecule has 2 aliphatic heterocycles. The summed E-state index contributed by atoms with van der Waals surface area (Å²) in [5.74, 6) is -1.10. The molecule has 8 nitrogen and oxygen atoms in total. The third-order valence-electron chi connectivity index (χ3n) is 3.90. The standard InChI is InChI=1S/C12H20N2O6/c1-19-9-5-13(6-10(9)20-2)12(18)14-4-7(15)3-8(14)11(16)17/h7-10,15H,3-6H2,1-2H3,(H,16,17)/t7-,8+,9?,10?/m1/s1. The SMILES string of the molecule is COC1CN(C(=O)N2C[C@H](O)C[C@H]2C(=O)O)CC1OC. The van der Waals surface area contributed by atoms with Crippen molar-refractivity contribution in [3.05, 3.63) is 0 Å². The van der Waals surface area contributed by atoms with Crippen LogP contribution in [0.5, 0.6) is 0 Å². The zero-order chi connectivity index (χ0) is 14.9. The van der Waals surface area contributed by atoms with Crippen LogP contribution in [0, 0.1) is 0 Å². The quantitative estimate of drug-likeness (QED) is 0.689. The van der Waals surface area contributed by atoms with Crippen molar-refractivity contribution in [3.63, 3.8) is 0 Å². The first-order valence-corrected chi connectivity index (χ1v) is 6.50. The van der Waals surface area contributed by atoms with Crippen LogP contribution in [0.1, 0.15) is 6.42 Å². The molecule has 2 heterocycles. The molecule has 0 saturated carbocycles. The van der Waals surface area contributed by atoms with Crippen molar-refractivity contribution in [3.8, 4) is 0 Å². The van der Waals surface area contributed by atoms with E-state index in [1.807, 2.05) is 0 Å². The highest BCUT2D eigenvalue weighted by atomic mass is 16.5. The van der Waals surface area contributed by atoms with Crippen molar-refractivity contribution in [2.24, 2.45) is 0 Å². The van der Waals surface area contributed by atoms with Crippen LogP contribution in [0.25, 0.3) is 0 Å². The number of urea groups is 1. The van der Waals surface area contributed by atoms with Crippen molar-refractivity contribution < 1.29 is 29.3 Å². The fourth-order valence-electron chi connectivity index (χ4n) is 2.79. The molecule has 2 saturated heterocycles. The summed E-state index contributed by atoms with van der Waals surface area (Å²) in [6, 6.07) is -1.37. The molecule has 0 aliphatic carbocycles. The molecule has 4 atom stereocenters. The summed E-state index contributed by atoms with van der Waals surface area (Å²) in [6.45, 7) is 0.751. The number of carboxylic acids is 1. The smallest absolute Gasteiger partial charge is 0.326 e. The van der Waals surface area contributed by atoms with Gasteiger partial charge in [0.2, 0.25) is 0 Å². The van der Waals surface area contributed by atoms with Gasteiger partial charge in [0.1, 0.15) is 18.2 Å². The Labute approximate surface area is 116 Å². The molecule has 2 fully saturated rings. The van der Waals surface area contributed by atoms with Gasteiger partial charge in [-0.1, -0.05) is 0 Å². The molecule has 8 heteroatoms. The molecular weight excluding hydrogens is 268 g/mol. The van der Waals surface area contributed by atoms with Crippen LogP contribution in [0.4, 0.5) is 4.79 Å². The molecular formula is C12H20N2O6. The predicted octanol–water partition coefficient (Wildman–Crippen LogP) is -1.03. The van der Waals surface area contributed by atoms with Crippen LogP contribution < -0.4 is 0 Å². The van der Waals surface area contributed by atoms with E-state index >= 15 is 0 Å². The lowest BCUT2D eigenvalue weighted by Gasteiger charge is -2.27. The van der Waals surface area contributed by atoms with Crippen LogP contribution >= 0.6 is 0 Å². The normalized spacial score (nSPS) is 33.8. The number of aliphatic carboxylic acids is 1. The minimum absolute atomic E-state index is 0.0433. The van der Waals surface area contributed by atoms with E-state index in [0.29, 0.717) is 13.1 Å². The molecule has 2 unspecified atom stereocenters. The van der Waals surface area contributed by atoms with Crippen LogP contribution in [0.2, 0.25) is 0 Å². The molecule has 20 heavy (non-hydrogen) atoms. The molecule has 2 N–H and O–H groups in total. The minimum atomic E-state index is -1.10. The molecule has 0 radical (unpaired) electrons. The van der Waals surface area contributed by atoms with Crippen molar-refractivity contribution >= 4 is 12.0 Å². The maximum Gasteiger partial charge on any atom is 0.326 e. The second-order valence-electron chi connectivity index (χ2n) is 5.13. The summed E-state index contributed by atoms with van der Waals surface area (Å²) in [4.78, 5) is 26.3. The third-order valence-corrected chi connectivity index (χ3v) is 3.90. The number of nitrogens with zero attached hydrogens (tertiary/aromatic N) is 2. The van der Waals surface area contributed by atoms with E-state index in [-0.39, 0.29) is 25.2 Å². The van der Waals surface area contributed by atoms with Crippen molar-refractivity contribution in [1.82, 2.24) is 9.80 Å². The van der Waals surface area contributed by atoms with Gasteiger partial charge in [-0.05, 0) is 0 Å². The van der Waals surface area contributed by atoms with Gasteiger partial charge in [0.15, 0.2) is 0 Å². The number of hydrogen-bond donors (Lipinski definition) is 2. The Bertz CT molecular complexity index is 378. The van der Waals surface area contributed by atoms with Crippen LogP contribution in [0.15, 0.2) is 0 Å². The molecule has 0 aromatic heterocycles. The molecule has 2 rings (SSSR count). The van der Waals surface area contributed by atoms with Gasteiger partial charge in [-0.2, -0.15) is 0 Å². The fraction of sp³-hybridized carbons (Fsp3) is 0.833. The first-order valence-electron chi connectivity index (χ1n) is 6.50. The Morgan fingerprint density at radius 3 is 2.10 bits per heavy atom. The number of hydrogen-bond acceptors (Lipinski definition) is 5. The van der Waals surface area contributed by atoms with E-state index in [9.17, 15) is 14.7 Å². The Balaban J connectivity index is 2.06. The van der Waals surface area contributed by atoms with Crippen molar-refractivity contribution in [1.29, 1.82) is 0 Å². The number of carbonyl (C=O) groups excluding carboxylic acids is 1.